The molecule has 0 spiro atoms. The molecule has 2 aromatic carbocycles. The molecule has 0 saturated heterocycles. The summed E-state index contributed by atoms with van der Waals surface area (Å²) < 4.78 is 17.0. The molecule has 0 aromatic heterocycles. The summed E-state index contributed by atoms with van der Waals surface area (Å²) >= 11 is 6.22. The van der Waals surface area contributed by atoms with Crippen molar-refractivity contribution >= 4 is 11.6 Å². The number of rotatable bonds is 12. The Balaban J connectivity index is 2.02. The zero-order valence-corrected chi connectivity index (χ0v) is 15.8. The number of aliphatic hydroxyl groups excluding tert-OH is 1. The first-order valence-corrected chi connectivity index (χ1v) is 9.14. The second kappa shape index (κ2) is 11.8. The lowest BCUT2D eigenvalue weighted by Crippen LogP contribution is -2.20. The lowest BCUT2D eigenvalue weighted by atomic mass is 10.1. The van der Waals surface area contributed by atoms with Crippen LogP contribution in [0, 0.1) is 0 Å². The molecule has 0 atom stereocenters. The van der Waals surface area contributed by atoms with Gasteiger partial charge in [0.15, 0.2) is 11.5 Å². The molecule has 0 saturated carbocycles. The quantitative estimate of drug-likeness (QED) is 0.553. The van der Waals surface area contributed by atoms with E-state index in [2.05, 4.69) is 5.32 Å². The van der Waals surface area contributed by atoms with Crippen molar-refractivity contribution in [2.75, 3.05) is 33.0 Å². The molecule has 0 heterocycles. The number of hydrogen-bond donors (Lipinski definition) is 2. The van der Waals surface area contributed by atoms with Crippen molar-refractivity contribution in [3.8, 4) is 11.5 Å². The van der Waals surface area contributed by atoms with Gasteiger partial charge in [-0.25, -0.2) is 0 Å². The normalized spacial score (nSPS) is 10.7. The van der Waals surface area contributed by atoms with E-state index in [0.717, 1.165) is 22.6 Å². The van der Waals surface area contributed by atoms with Gasteiger partial charge >= 0.3 is 0 Å². The molecule has 6 heteroatoms. The summed E-state index contributed by atoms with van der Waals surface area (Å²) in [6, 6.07) is 13.5. The molecule has 0 unspecified atom stereocenters. The summed E-state index contributed by atoms with van der Waals surface area (Å²) in [6.45, 7) is 5.13. The fraction of sp³-hybridized carbons (Fsp3) is 0.400. The average Bonchev–Trinajstić information content (AvgIpc) is 2.65. The molecule has 0 radical (unpaired) electrons. The first kappa shape index (κ1) is 20.5. The van der Waals surface area contributed by atoms with Crippen molar-refractivity contribution in [1.29, 1.82) is 0 Å². The van der Waals surface area contributed by atoms with Crippen LogP contribution in [0.15, 0.2) is 42.5 Å². The summed E-state index contributed by atoms with van der Waals surface area (Å²) in [7, 11) is 0. The summed E-state index contributed by atoms with van der Waals surface area (Å²) in [6.07, 6.45) is 0. The van der Waals surface area contributed by atoms with Gasteiger partial charge in [0.05, 0.1) is 26.4 Å². The Morgan fingerprint density at radius 2 is 1.81 bits per heavy atom. The van der Waals surface area contributed by atoms with Crippen molar-refractivity contribution in [3.05, 3.63) is 58.6 Å². The Kier molecular flexibility index (Phi) is 9.28. The SMILES string of the molecule is CCOc1cccc(CNCCOCCO)c1OCc1ccccc1Cl. The molecule has 2 N–H and O–H groups in total. The van der Waals surface area contributed by atoms with E-state index in [-0.39, 0.29) is 6.61 Å². The van der Waals surface area contributed by atoms with Gasteiger partial charge in [0, 0.05) is 29.2 Å². The zero-order valence-electron chi connectivity index (χ0n) is 15.0. The monoisotopic (exact) mass is 379 g/mol. The third-order valence-electron chi connectivity index (χ3n) is 3.66. The van der Waals surface area contributed by atoms with Crippen molar-refractivity contribution in [2.45, 2.75) is 20.1 Å². The van der Waals surface area contributed by atoms with Crippen molar-refractivity contribution < 1.29 is 19.3 Å². The Bertz CT molecular complexity index is 666. The average molecular weight is 380 g/mol. The smallest absolute Gasteiger partial charge is 0.166 e. The van der Waals surface area contributed by atoms with Crippen LogP contribution in [0.4, 0.5) is 0 Å². The van der Waals surface area contributed by atoms with E-state index in [1.807, 2.05) is 49.4 Å². The van der Waals surface area contributed by atoms with E-state index in [0.29, 0.717) is 44.5 Å². The Labute approximate surface area is 159 Å². The third-order valence-corrected chi connectivity index (χ3v) is 4.03. The third kappa shape index (κ3) is 6.50. The number of aliphatic hydroxyl groups is 1. The Morgan fingerprint density at radius 3 is 2.58 bits per heavy atom. The van der Waals surface area contributed by atoms with Crippen LogP contribution in [0.3, 0.4) is 0 Å². The van der Waals surface area contributed by atoms with Gasteiger partial charge in [-0.1, -0.05) is 41.9 Å². The van der Waals surface area contributed by atoms with Crippen molar-refractivity contribution in [3.63, 3.8) is 0 Å². The van der Waals surface area contributed by atoms with Crippen LogP contribution in [0.2, 0.25) is 5.02 Å². The summed E-state index contributed by atoms with van der Waals surface area (Å²) in [5, 5.41) is 12.7. The Morgan fingerprint density at radius 1 is 1.00 bits per heavy atom. The number of hydrogen-bond acceptors (Lipinski definition) is 5. The maximum atomic E-state index is 8.71. The predicted octanol–water partition coefficient (Wildman–Crippen LogP) is 3.42. The fourth-order valence-electron chi connectivity index (χ4n) is 2.43. The zero-order chi connectivity index (χ0) is 18.6. The number of para-hydroxylation sites is 1. The van der Waals surface area contributed by atoms with Crippen LogP contribution >= 0.6 is 11.6 Å². The highest BCUT2D eigenvalue weighted by molar-refractivity contribution is 6.31. The lowest BCUT2D eigenvalue weighted by molar-refractivity contribution is 0.0937. The minimum absolute atomic E-state index is 0.0381. The molecular formula is C20H26ClNO4. The first-order valence-electron chi connectivity index (χ1n) is 8.76. The van der Waals surface area contributed by atoms with Gasteiger partial charge in [-0.05, 0) is 19.1 Å². The fourth-order valence-corrected chi connectivity index (χ4v) is 2.62. The Hall–Kier alpha value is -1.79. The van der Waals surface area contributed by atoms with E-state index in [4.69, 9.17) is 30.9 Å². The van der Waals surface area contributed by atoms with E-state index in [9.17, 15) is 0 Å². The van der Waals surface area contributed by atoms with Gasteiger partial charge in [-0.15, -0.1) is 0 Å². The van der Waals surface area contributed by atoms with Crippen LogP contribution < -0.4 is 14.8 Å². The van der Waals surface area contributed by atoms with Crippen LogP contribution in [0.5, 0.6) is 11.5 Å². The van der Waals surface area contributed by atoms with Gasteiger partial charge < -0.3 is 24.6 Å². The second-order valence-electron chi connectivity index (χ2n) is 5.57. The van der Waals surface area contributed by atoms with E-state index in [1.165, 1.54) is 0 Å². The topological polar surface area (TPSA) is 60.0 Å². The first-order chi connectivity index (χ1) is 12.8. The van der Waals surface area contributed by atoms with E-state index >= 15 is 0 Å². The van der Waals surface area contributed by atoms with Gasteiger partial charge in [-0.2, -0.15) is 0 Å². The maximum absolute atomic E-state index is 8.71. The molecule has 2 rings (SSSR count). The lowest BCUT2D eigenvalue weighted by Gasteiger charge is -2.17. The number of nitrogens with one attached hydrogen (secondary N) is 1. The summed E-state index contributed by atoms with van der Waals surface area (Å²) in [4.78, 5) is 0. The number of ether oxygens (including phenoxy) is 3. The molecule has 0 aliphatic carbocycles. The molecule has 26 heavy (non-hydrogen) atoms. The molecule has 0 fully saturated rings. The highest BCUT2D eigenvalue weighted by Crippen LogP contribution is 2.32. The molecule has 0 aliphatic rings. The number of benzene rings is 2. The predicted molar refractivity (Wildman–Crippen MR) is 103 cm³/mol. The van der Waals surface area contributed by atoms with E-state index in [1.54, 1.807) is 0 Å². The van der Waals surface area contributed by atoms with Crippen molar-refractivity contribution in [2.24, 2.45) is 0 Å². The molecule has 2 aromatic rings. The highest BCUT2D eigenvalue weighted by Gasteiger charge is 2.12. The molecule has 0 amide bonds. The molecular weight excluding hydrogens is 354 g/mol. The maximum Gasteiger partial charge on any atom is 0.166 e. The van der Waals surface area contributed by atoms with Gasteiger partial charge in [0.25, 0.3) is 0 Å². The minimum atomic E-state index is 0.0381. The van der Waals surface area contributed by atoms with Crippen LogP contribution in [0.1, 0.15) is 18.1 Å². The highest BCUT2D eigenvalue weighted by atomic mass is 35.5. The summed E-state index contributed by atoms with van der Waals surface area (Å²) in [5.74, 6) is 1.44. The van der Waals surface area contributed by atoms with Crippen LogP contribution in [-0.4, -0.2) is 38.1 Å². The van der Waals surface area contributed by atoms with Crippen molar-refractivity contribution in [1.82, 2.24) is 5.32 Å². The standard InChI is InChI=1S/C20H26ClNO4/c1-2-25-19-9-5-7-16(14-22-10-12-24-13-11-23)20(19)26-15-17-6-3-4-8-18(17)21/h3-9,22-23H,2,10-15H2,1H3. The van der Waals surface area contributed by atoms with Crippen LogP contribution in [-0.2, 0) is 17.9 Å². The molecule has 142 valence electrons. The molecule has 0 bridgehead atoms. The van der Waals surface area contributed by atoms with Gasteiger partial charge in [0.2, 0.25) is 0 Å². The molecule has 0 aliphatic heterocycles. The van der Waals surface area contributed by atoms with Crippen LogP contribution in [0.25, 0.3) is 0 Å². The molecule has 5 nitrogen and oxygen atoms in total. The van der Waals surface area contributed by atoms with Gasteiger partial charge in [-0.3, -0.25) is 0 Å². The van der Waals surface area contributed by atoms with Gasteiger partial charge in [0.1, 0.15) is 6.61 Å². The van der Waals surface area contributed by atoms with E-state index < -0.39 is 0 Å². The minimum Gasteiger partial charge on any atom is -0.490 e. The summed E-state index contributed by atoms with van der Waals surface area (Å²) in [5.41, 5.74) is 1.93. The number of halogens is 1. The largest absolute Gasteiger partial charge is 0.490 e. The second-order valence-corrected chi connectivity index (χ2v) is 5.98.